The highest BCUT2D eigenvalue weighted by molar-refractivity contribution is 8.00. The Morgan fingerprint density at radius 1 is 1.11 bits per heavy atom. The van der Waals surface area contributed by atoms with Gasteiger partial charge in [-0.05, 0) is 55.0 Å². The number of piperidine rings is 1. The molecule has 1 amide bonds. The van der Waals surface area contributed by atoms with Crippen LogP contribution >= 0.6 is 23.4 Å². The number of ether oxygens (including phenoxy) is 2. The summed E-state index contributed by atoms with van der Waals surface area (Å²) in [5.41, 5.74) is 2.86. The van der Waals surface area contributed by atoms with Crippen LogP contribution in [0.5, 0.6) is 0 Å². The van der Waals surface area contributed by atoms with Crippen LogP contribution in [0.1, 0.15) is 47.6 Å². The van der Waals surface area contributed by atoms with E-state index in [4.69, 9.17) is 26.1 Å². The molecule has 0 aliphatic carbocycles. The molecular formula is C27H34ClN3O4S. The van der Waals surface area contributed by atoms with Crippen molar-refractivity contribution in [3.8, 4) is 0 Å². The Labute approximate surface area is 222 Å². The number of hydrogen-bond acceptors (Lipinski definition) is 7. The van der Waals surface area contributed by atoms with Crippen molar-refractivity contribution >= 4 is 35.2 Å². The van der Waals surface area contributed by atoms with Gasteiger partial charge in [0, 0.05) is 61.7 Å². The van der Waals surface area contributed by atoms with Crippen molar-refractivity contribution in [2.45, 2.75) is 43.3 Å². The maximum atomic E-state index is 12.9. The zero-order valence-electron chi connectivity index (χ0n) is 20.4. The van der Waals surface area contributed by atoms with E-state index in [0.717, 1.165) is 54.8 Å². The van der Waals surface area contributed by atoms with Crippen molar-refractivity contribution in [2.75, 3.05) is 45.1 Å². The minimum atomic E-state index is -0.298. The molecular weight excluding hydrogens is 498 g/mol. The van der Waals surface area contributed by atoms with Gasteiger partial charge in [-0.1, -0.05) is 29.8 Å². The van der Waals surface area contributed by atoms with Gasteiger partial charge < -0.3 is 24.8 Å². The highest BCUT2D eigenvalue weighted by Crippen LogP contribution is 2.39. The number of thioether (sulfide) groups is 1. The molecule has 4 aliphatic rings. The van der Waals surface area contributed by atoms with Crippen molar-refractivity contribution in [2.24, 2.45) is 10.9 Å². The van der Waals surface area contributed by atoms with E-state index in [1.165, 1.54) is 5.57 Å². The summed E-state index contributed by atoms with van der Waals surface area (Å²) in [6.07, 6.45) is 6.90. The lowest BCUT2D eigenvalue weighted by molar-refractivity contribution is 0.0546. The molecule has 2 saturated heterocycles. The molecule has 0 saturated carbocycles. The molecule has 9 heteroatoms. The molecule has 1 aromatic carbocycles. The summed E-state index contributed by atoms with van der Waals surface area (Å²) in [4.78, 5) is 19.8. The average Bonchev–Trinajstić information content (AvgIpc) is 3.23. The molecule has 2 fully saturated rings. The van der Waals surface area contributed by atoms with Crippen LogP contribution < -0.4 is 5.32 Å². The van der Waals surface area contributed by atoms with Crippen LogP contribution in [0.3, 0.4) is 0 Å². The average molecular weight is 532 g/mol. The Balaban J connectivity index is 1.29. The zero-order chi connectivity index (χ0) is 24.9. The summed E-state index contributed by atoms with van der Waals surface area (Å²) in [7, 11) is 0. The molecule has 7 nitrogen and oxygen atoms in total. The van der Waals surface area contributed by atoms with E-state index in [0.29, 0.717) is 44.0 Å². The number of aliphatic imine (C=N–C) groups is 1. The third-order valence-corrected chi connectivity index (χ3v) is 8.64. The van der Waals surface area contributed by atoms with Crippen molar-refractivity contribution in [3.63, 3.8) is 0 Å². The van der Waals surface area contributed by atoms with Gasteiger partial charge in [-0.3, -0.25) is 4.79 Å². The van der Waals surface area contributed by atoms with Gasteiger partial charge in [0.1, 0.15) is 6.04 Å². The monoisotopic (exact) mass is 531 g/mol. The Kier molecular flexibility index (Phi) is 8.70. The second-order valence-corrected chi connectivity index (χ2v) is 11.4. The minimum Gasteiger partial charge on any atom is -0.464 e. The standard InChI is InChI=1S/C27H34ClN3O4S/c28-22-6-1-18(15-29-16-22)17-36-27-24(30-25(35-27)20-9-13-34-14-10-20)19-2-4-21(5-3-19)26(33)31-11-7-23(32)8-12-31/h1-6,20,23-24,27,29,32H,7-17H2. The molecule has 5 rings (SSSR count). The van der Waals surface area contributed by atoms with E-state index in [2.05, 4.69) is 11.4 Å². The Bertz CT molecular complexity index is 1010. The van der Waals surface area contributed by atoms with Crippen LogP contribution in [-0.4, -0.2) is 78.5 Å². The van der Waals surface area contributed by atoms with Crippen LogP contribution in [0.4, 0.5) is 0 Å². The fraction of sp³-hybridized carbons (Fsp3) is 0.556. The third kappa shape index (κ3) is 6.34. The summed E-state index contributed by atoms with van der Waals surface area (Å²) in [6, 6.07) is 7.70. The fourth-order valence-electron chi connectivity index (χ4n) is 4.95. The van der Waals surface area contributed by atoms with E-state index >= 15 is 0 Å². The summed E-state index contributed by atoms with van der Waals surface area (Å²) >= 11 is 7.93. The van der Waals surface area contributed by atoms with Gasteiger partial charge >= 0.3 is 0 Å². The number of rotatable bonds is 6. The molecule has 0 bridgehead atoms. The predicted molar refractivity (Wildman–Crippen MR) is 144 cm³/mol. The van der Waals surface area contributed by atoms with Crippen LogP contribution in [-0.2, 0) is 9.47 Å². The molecule has 0 spiro atoms. The number of nitrogens with zero attached hydrogens (tertiary/aromatic N) is 2. The Morgan fingerprint density at radius 2 is 1.86 bits per heavy atom. The van der Waals surface area contributed by atoms with Crippen LogP contribution in [0, 0.1) is 5.92 Å². The number of amides is 1. The smallest absolute Gasteiger partial charge is 0.253 e. The first-order valence-electron chi connectivity index (χ1n) is 12.8. The zero-order valence-corrected chi connectivity index (χ0v) is 22.0. The summed E-state index contributed by atoms with van der Waals surface area (Å²) < 4.78 is 12.0. The summed E-state index contributed by atoms with van der Waals surface area (Å²) in [6.45, 7) is 4.17. The second-order valence-electron chi connectivity index (χ2n) is 9.78. The van der Waals surface area contributed by atoms with Crippen molar-refractivity contribution < 1.29 is 19.4 Å². The molecule has 1 aromatic rings. The molecule has 2 atom stereocenters. The van der Waals surface area contributed by atoms with Crippen molar-refractivity contribution in [3.05, 3.63) is 58.1 Å². The maximum absolute atomic E-state index is 12.9. The second kappa shape index (κ2) is 12.1. The molecule has 0 radical (unpaired) electrons. The topological polar surface area (TPSA) is 83.4 Å². The summed E-state index contributed by atoms with van der Waals surface area (Å²) in [5, 5.41) is 13.9. The molecule has 0 aromatic heterocycles. The Morgan fingerprint density at radius 3 is 2.61 bits per heavy atom. The lowest BCUT2D eigenvalue weighted by Gasteiger charge is -2.29. The fourth-order valence-corrected chi connectivity index (χ4v) is 6.25. The highest BCUT2D eigenvalue weighted by Gasteiger charge is 2.36. The van der Waals surface area contributed by atoms with Gasteiger partial charge in [0.05, 0.1) is 6.10 Å². The third-order valence-electron chi connectivity index (χ3n) is 7.16. The largest absolute Gasteiger partial charge is 0.464 e. The van der Waals surface area contributed by atoms with Crippen LogP contribution in [0.15, 0.2) is 52.0 Å². The first-order valence-corrected chi connectivity index (χ1v) is 14.3. The Hall–Kier alpha value is -1.84. The molecule has 2 unspecified atom stereocenters. The first kappa shape index (κ1) is 25.8. The number of benzene rings is 1. The number of nitrogens with one attached hydrogen (secondary N) is 1. The summed E-state index contributed by atoms with van der Waals surface area (Å²) in [5.74, 6) is 1.97. The van der Waals surface area contributed by atoms with Crippen molar-refractivity contribution in [1.29, 1.82) is 0 Å². The van der Waals surface area contributed by atoms with E-state index in [-0.39, 0.29) is 23.5 Å². The van der Waals surface area contributed by atoms with E-state index in [1.54, 1.807) is 11.8 Å². The number of carbonyl (C=O) groups is 1. The SMILES string of the molecule is O=C(c1ccc(C2N=C(C3CCOCC3)OC2SCC2=CC=C(Cl)CNC2)cc1)N1CCC(O)CC1. The predicted octanol–water partition coefficient (Wildman–Crippen LogP) is 3.89. The van der Waals surface area contributed by atoms with Crippen LogP contribution in [0.25, 0.3) is 0 Å². The highest BCUT2D eigenvalue weighted by atomic mass is 35.5. The molecule has 194 valence electrons. The number of carbonyl (C=O) groups excluding carboxylic acids is 1. The van der Waals surface area contributed by atoms with E-state index in [1.807, 2.05) is 35.2 Å². The molecule has 2 N–H and O–H groups in total. The van der Waals surface area contributed by atoms with E-state index < -0.39 is 0 Å². The van der Waals surface area contributed by atoms with Gasteiger partial charge in [0.15, 0.2) is 11.3 Å². The van der Waals surface area contributed by atoms with Gasteiger partial charge in [0.25, 0.3) is 5.91 Å². The number of aliphatic hydroxyl groups excluding tert-OH is 1. The van der Waals surface area contributed by atoms with Crippen LogP contribution in [0.2, 0.25) is 0 Å². The molecule has 4 aliphatic heterocycles. The number of halogens is 1. The number of aliphatic hydroxyl groups is 1. The minimum absolute atomic E-state index is 0.0213. The quantitative estimate of drug-likeness (QED) is 0.579. The number of allylic oxidation sites excluding steroid dienone is 2. The lowest BCUT2D eigenvalue weighted by Crippen LogP contribution is -2.40. The van der Waals surface area contributed by atoms with Gasteiger partial charge in [-0.2, -0.15) is 0 Å². The van der Waals surface area contributed by atoms with Gasteiger partial charge in [-0.25, -0.2) is 4.99 Å². The van der Waals surface area contributed by atoms with Crippen molar-refractivity contribution in [1.82, 2.24) is 10.2 Å². The first-order chi connectivity index (χ1) is 17.6. The molecule has 36 heavy (non-hydrogen) atoms. The normalized spacial score (nSPS) is 26.1. The van der Waals surface area contributed by atoms with Gasteiger partial charge in [-0.15, -0.1) is 11.8 Å². The maximum Gasteiger partial charge on any atom is 0.253 e. The number of likely N-dealkylation sites (tertiary alicyclic amines) is 1. The molecule has 4 heterocycles. The van der Waals surface area contributed by atoms with Gasteiger partial charge in [0.2, 0.25) is 0 Å². The number of hydrogen-bond donors (Lipinski definition) is 2. The lowest BCUT2D eigenvalue weighted by atomic mass is 10.0. The van der Waals surface area contributed by atoms with E-state index in [9.17, 15) is 9.90 Å².